The van der Waals surface area contributed by atoms with Crippen LogP contribution in [0.2, 0.25) is 0 Å². The summed E-state index contributed by atoms with van der Waals surface area (Å²) in [5.74, 6) is 0. The molecule has 0 aliphatic carbocycles. The van der Waals surface area contributed by atoms with Gasteiger partial charge in [0.15, 0.2) is 0 Å². The molecule has 0 radical (unpaired) electrons. The van der Waals surface area contributed by atoms with Crippen molar-refractivity contribution < 1.29 is 13.2 Å². The third-order valence-corrected chi connectivity index (χ3v) is 4.42. The molecular weight excluding hydrogens is 302 g/mol. The molecular formula is C15H23N3O3S. The molecule has 1 aromatic rings. The Morgan fingerprint density at radius 3 is 2.64 bits per heavy atom. The third-order valence-electron chi connectivity index (χ3n) is 3.65. The Hall–Kier alpha value is -1.60. The maximum Gasteiger partial charge on any atom is 0.317 e. The second-order valence-corrected chi connectivity index (χ2v) is 7.60. The van der Waals surface area contributed by atoms with Crippen molar-refractivity contribution >= 4 is 16.1 Å². The van der Waals surface area contributed by atoms with Gasteiger partial charge >= 0.3 is 6.03 Å². The van der Waals surface area contributed by atoms with Crippen molar-refractivity contribution in [3.05, 3.63) is 35.4 Å². The van der Waals surface area contributed by atoms with Crippen molar-refractivity contribution in [2.45, 2.75) is 32.4 Å². The number of rotatable bonds is 4. The summed E-state index contributed by atoms with van der Waals surface area (Å²) in [6.07, 6.45) is 2.70. The van der Waals surface area contributed by atoms with Crippen molar-refractivity contribution in [2.24, 2.45) is 0 Å². The molecule has 1 heterocycles. The van der Waals surface area contributed by atoms with Gasteiger partial charge in [-0.25, -0.2) is 17.9 Å². The number of hydrogen-bond donors (Lipinski definition) is 2. The summed E-state index contributed by atoms with van der Waals surface area (Å²) in [6.45, 7) is 3.55. The lowest BCUT2D eigenvalue weighted by Gasteiger charge is -2.32. The number of aryl methyl sites for hydroxylation is 1. The molecule has 0 saturated carbocycles. The van der Waals surface area contributed by atoms with Crippen LogP contribution in [0.15, 0.2) is 24.3 Å². The number of piperidine rings is 1. The standard InChI is InChI=1S/C15H23N3O3S/c1-12-5-7-13(8-6-12)10-16-15(19)18-9-3-4-14(11-18)17-22(2,20)21/h5-8,14,17H,3-4,9-11H2,1-2H3,(H,16,19)/t14-/m0/s1. The fraction of sp³-hybridized carbons (Fsp3) is 0.533. The van der Waals surface area contributed by atoms with Gasteiger partial charge in [0.2, 0.25) is 10.0 Å². The molecule has 2 N–H and O–H groups in total. The second kappa shape index (κ2) is 7.11. The highest BCUT2D eigenvalue weighted by atomic mass is 32.2. The number of carbonyl (C=O) groups is 1. The highest BCUT2D eigenvalue weighted by Gasteiger charge is 2.25. The molecule has 7 heteroatoms. The van der Waals surface area contributed by atoms with Crippen LogP contribution in [0.25, 0.3) is 0 Å². The molecule has 1 aromatic carbocycles. The van der Waals surface area contributed by atoms with Crippen molar-refractivity contribution in [1.82, 2.24) is 14.9 Å². The van der Waals surface area contributed by atoms with Crippen LogP contribution in [0.3, 0.4) is 0 Å². The summed E-state index contributed by atoms with van der Waals surface area (Å²) in [7, 11) is -3.24. The van der Waals surface area contributed by atoms with Crippen LogP contribution in [0.5, 0.6) is 0 Å². The number of urea groups is 1. The zero-order valence-electron chi connectivity index (χ0n) is 13.0. The monoisotopic (exact) mass is 325 g/mol. The number of sulfonamides is 1. The first-order chi connectivity index (χ1) is 10.3. The van der Waals surface area contributed by atoms with Crippen LogP contribution in [-0.2, 0) is 16.6 Å². The van der Waals surface area contributed by atoms with E-state index in [-0.39, 0.29) is 12.1 Å². The summed E-state index contributed by atoms with van der Waals surface area (Å²) in [5, 5.41) is 2.88. The minimum atomic E-state index is -3.24. The molecule has 1 aliphatic heterocycles. The summed E-state index contributed by atoms with van der Waals surface area (Å²) >= 11 is 0. The number of carbonyl (C=O) groups excluding carboxylic acids is 1. The average Bonchev–Trinajstić information content (AvgIpc) is 2.45. The van der Waals surface area contributed by atoms with Crippen LogP contribution in [0.4, 0.5) is 4.79 Å². The molecule has 1 saturated heterocycles. The predicted molar refractivity (Wildman–Crippen MR) is 86.0 cm³/mol. The largest absolute Gasteiger partial charge is 0.334 e. The first kappa shape index (κ1) is 16.8. The summed E-state index contributed by atoms with van der Waals surface area (Å²) in [5.41, 5.74) is 2.22. The Morgan fingerprint density at radius 2 is 2.00 bits per heavy atom. The maximum atomic E-state index is 12.2. The smallest absolute Gasteiger partial charge is 0.317 e. The van der Waals surface area contributed by atoms with Gasteiger partial charge in [0.25, 0.3) is 0 Å². The minimum Gasteiger partial charge on any atom is -0.334 e. The lowest BCUT2D eigenvalue weighted by molar-refractivity contribution is 0.177. The number of benzene rings is 1. The molecule has 0 aromatic heterocycles. The van der Waals surface area contributed by atoms with Crippen LogP contribution in [0.1, 0.15) is 24.0 Å². The van der Waals surface area contributed by atoms with E-state index in [1.165, 1.54) is 5.56 Å². The zero-order valence-corrected chi connectivity index (χ0v) is 13.8. The van der Waals surface area contributed by atoms with Crippen molar-refractivity contribution in [2.75, 3.05) is 19.3 Å². The van der Waals surface area contributed by atoms with Crippen LogP contribution in [0, 0.1) is 6.92 Å². The number of nitrogens with zero attached hydrogens (tertiary/aromatic N) is 1. The van der Waals surface area contributed by atoms with Gasteiger partial charge in [-0.3, -0.25) is 0 Å². The van der Waals surface area contributed by atoms with Crippen LogP contribution < -0.4 is 10.0 Å². The van der Waals surface area contributed by atoms with E-state index in [9.17, 15) is 13.2 Å². The van der Waals surface area contributed by atoms with E-state index in [4.69, 9.17) is 0 Å². The number of hydrogen-bond acceptors (Lipinski definition) is 3. The topological polar surface area (TPSA) is 78.5 Å². The van der Waals surface area contributed by atoms with E-state index in [0.717, 1.165) is 24.7 Å². The predicted octanol–water partition coefficient (Wildman–Crippen LogP) is 1.22. The fourth-order valence-corrected chi connectivity index (χ4v) is 3.35. The van der Waals surface area contributed by atoms with E-state index >= 15 is 0 Å². The molecule has 1 aliphatic rings. The molecule has 0 spiro atoms. The minimum absolute atomic E-state index is 0.152. The van der Waals surface area contributed by atoms with E-state index in [1.807, 2.05) is 31.2 Å². The van der Waals surface area contributed by atoms with Gasteiger partial charge in [0.1, 0.15) is 0 Å². The first-order valence-corrected chi connectivity index (χ1v) is 9.28. The van der Waals surface area contributed by atoms with Crippen molar-refractivity contribution in [3.8, 4) is 0 Å². The Balaban J connectivity index is 1.85. The molecule has 1 atom stereocenters. The van der Waals surface area contributed by atoms with Gasteiger partial charge in [0, 0.05) is 25.7 Å². The maximum absolute atomic E-state index is 12.2. The van der Waals surface area contributed by atoms with Gasteiger partial charge in [-0.1, -0.05) is 29.8 Å². The van der Waals surface area contributed by atoms with Gasteiger partial charge in [-0.2, -0.15) is 0 Å². The molecule has 2 amide bonds. The normalized spacial score (nSPS) is 19.0. The van der Waals surface area contributed by atoms with Crippen molar-refractivity contribution in [3.63, 3.8) is 0 Å². The highest BCUT2D eigenvalue weighted by Crippen LogP contribution is 2.11. The Bertz CT molecular complexity index is 613. The first-order valence-electron chi connectivity index (χ1n) is 7.39. The highest BCUT2D eigenvalue weighted by molar-refractivity contribution is 7.88. The molecule has 1 fully saturated rings. The number of likely N-dealkylation sites (tertiary alicyclic amines) is 1. The summed E-state index contributed by atoms with van der Waals surface area (Å²) < 4.78 is 25.1. The van der Waals surface area contributed by atoms with E-state index in [2.05, 4.69) is 10.0 Å². The molecule has 0 bridgehead atoms. The SMILES string of the molecule is Cc1ccc(CNC(=O)N2CCC[C@H](NS(C)(=O)=O)C2)cc1. The summed E-state index contributed by atoms with van der Waals surface area (Å²) in [4.78, 5) is 13.9. The molecule has 2 rings (SSSR count). The third kappa shape index (κ3) is 5.31. The zero-order chi connectivity index (χ0) is 16.2. The summed E-state index contributed by atoms with van der Waals surface area (Å²) in [6, 6.07) is 7.64. The molecule has 22 heavy (non-hydrogen) atoms. The molecule has 0 unspecified atom stereocenters. The van der Waals surface area contributed by atoms with E-state index < -0.39 is 10.0 Å². The van der Waals surface area contributed by atoms with Gasteiger partial charge in [-0.05, 0) is 25.3 Å². The Kier molecular flexibility index (Phi) is 5.42. The van der Waals surface area contributed by atoms with Gasteiger partial charge in [0.05, 0.1) is 6.26 Å². The second-order valence-electron chi connectivity index (χ2n) is 5.82. The average molecular weight is 325 g/mol. The molecule has 122 valence electrons. The van der Waals surface area contributed by atoms with Crippen molar-refractivity contribution in [1.29, 1.82) is 0 Å². The Morgan fingerprint density at radius 1 is 1.32 bits per heavy atom. The quantitative estimate of drug-likeness (QED) is 0.873. The number of amides is 2. The van der Waals surface area contributed by atoms with E-state index in [1.54, 1.807) is 4.90 Å². The van der Waals surface area contributed by atoms with Gasteiger partial charge < -0.3 is 10.2 Å². The van der Waals surface area contributed by atoms with Gasteiger partial charge in [-0.15, -0.1) is 0 Å². The lowest BCUT2D eigenvalue weighted by atomic mass is 10.1. The number of nitrogens with one attached hydrogen (secondary N) is 2. The fourth-order valence-electron chi connectivity index (χ4n) is 2.56. The van der Waals surface area contributed by atoms with Crippen LogP contribution >= 0.6 is 0 Å². The van der Waals surface area contributed by atoms with Crippen LogP contribution in [-0.4, -0.2) is 44.7 Å². The Labute approximate surface area is 131 Å². The lowest BCUT2D eigenvalue weighted by Crippen LogP contribution is -2.51. The molecule has 6 nitrogen and oxygen atoms in total. The van der Waals surface area contributed by atoms with E-state index in [0.29, 0.717) is 19.6 Å².